The SMILES string of the molecule is O=C(COc1ccc2ccccc2c1)NCC(=O)N1CCOC(c2ccccc2)C1. The molecular weight excluding hydrogens is 380 g/mol. The maximum absolute atomic E-state index is 12.5. The van der Waals surface area contributed by atoms with E-state index in [2.05, 4.69) is 5.32 Å². The number of amides is 2. The van der Waals surface area contributed by atoms with Crippen LogP contribution in [0, 0.1) is 0 Å². The second kappa shape index (κ2) is 9.41. The second-order valence-electron chi connectivity index (χ2n) is 7.18. The summed E-state index contributed by atoms with van der Waals surface area (Å²) in [5.74, 6) is 0.164. The van der Waals surface area contributed by atoms with Crippen molar-refractivity contribution < 1.29 is 19.1 Å². The lowest BCUT2D eigenvalue weighted by molar-refractivity contribution is -0.139. The van der Waals surface area contributed by atoms with Crippen molar-refractivity contribution in [2.24, 2.45) is 0 Å². The molecule has 0 aliphatic carbocycles. The number of carbonyl (C=O) groups is 2. The highest BCUT2D eigenvalue weighted by Gasteiger charge is 2.25. The third kappa shape index (κ3) is 4.96. The summed E-state index contributed by atoms with van der Waals surface area (Å²) in [5.41, 5.74) is 1.04. The molecule has 1 atom stereocenters. The van der Waals surface area contributed by atoms with Crippen LogP contribution in [0.4, 0.5) is 0 Å². The van der Waals surface area contributed by atoms with Crippen molar-refractivity contribution in [2.45, 2.75) is 6.10 Å². The number of hydrogen-bond donors (Lipinski definition) is 1. The van der Waals surface area contributed by atoms with Crippen LogP contribution in [-0.2, 0) is 14.3 Å². The summed E-state index contributed by atoms with van der Waals surface area (Å²) in [4.78, 5) is 26.4. The number of morpholine rings is 1. The molecule has 154 valence electrons. The van der Waals surface area contributed by atoms with Gasteiger partial charge < -0.3 is 19.7 Å². The zero-order valence-electron chi connectivity index (χ0n) is 16.6. The predicted octanol–water partition coefficient (Wildman–Crippen LogP) is 2.93. The number of hydrogen-bond acceptors (Lipinski definition) is 4. The molecule has 0 saturated carbocycles. The molecule has 1 N–H and O–H groups in total. The monoisotopic (exact) mass is 404 g/mol. The van der Waals surface area contributed by atoms with Gasteiger partial charge in [0.25, 0.3) is 5.91 Å². The van der Waals surface area contributed by atoms with Crippen LogP contribution in [-0.4, -0.2) is 49.6 Å². The van der Waals surface area contributed by atoms with Crippen molar-refractivity contribution >= 4 is 22.6 Å². The van der Waals surface area contributed by atoms with Crippen molar-refractivity contribution in [2.75, 3.05) is 32.8 Å². The fourth-order valence-corrected chi connectivity index (χ4v) is 3.49. The van der Waals surface area contributed by atoms with E-state index >= 15 is 0 Å². The molecule has 4 rings (SSSR count). The van der Waals surface area contributed by atoms with E-state index in [4.69, 9.17) is 9.47 Å². The van der Waals surface area contributed by atoms with Gasteiger partial charge in [-0.25, -0.2) is 0 Å². The average molecular weight is 404 g/mol. The molecule has 0 spiro atoms. The Morgan fingerprint density at radius 2 is 1.77 bits per heavy atom. The second-order valence-corrected chi connectivity index (χ2v) is 7.18. The predicted molar refractivity (Wildman–Crippen MR) is 114 cm³/mol. The van der Waals surface area contributed by atoms with Gasteiger partial charge in [0.05, 0.1) is 19.7 Å². The Morgan fingerprint density at radius 1 is 1.00 bits per heavy atom. The summed E-state index contributed by atoms with van der Waals surface area (Å²) < 4.78 is 11.4. The fraction of sp³-hybridized carbons (Fsp3) is 0.250. The third-order valence-electron chi connectivity index (χ3n) is 5.12. The van der Waals surface area contributed by atoms with Crippen LogP contribution >= 0.6 is 0 Å². The number of nitrogens with zero attached hydrogens (tertiary/aromatic N) is 1. The molecule has 6 nitrogen and oxygen atoms in total. The van der Waals surface area contributed by atoms with E-state index in [9.17, 15) is 9.59 Å². The number of rotatable bonds is 6. The van der Waals surface area contributed by atoms with E-state index in [0.717, 1.165) is 16.3 Å². The van der Waals surface area contributed by atoms with E-state index < -0.39 is 0 Å². The first-order valence-electron chi connectivity index (χ1n) is 10.0. The maximum atomic E-state index is 12.5. The Kier molecular flexibility index (Phi) is 6.25. The van der Waals surface area contributed by atoms with Gasteiger partial charge in [0.2, 0.25) is 5.91 Å². The van der Waals surface area contributed by atoms with Crippen molar-refractivity contribution in [3.05, 3.63) is 78.4 Å². The first-order valence-corrected chi connectivity index (χ1v) is 10.0. The molecule has 1 aliphatic heterocycles. The van der Waals surface area contributed by atoms with Crippen molar-refractivity contribution in [1.82, 2.24) is 10.2 Å². The van der Waals surface area contributed by atoms with Gasteiger partial charge in [0, 0.05) is 6.54 Å². The minimum atomic E-state index is -0.329. The lowest BCUT2D eigenvalue weighted by Crippen LogP contribution is -2.47. The van der Waals surface area contributed by atoms with Crippen LogP contribution in [0.1, 0.15) is 11.7 Å². The minimum Gasteiger partial charge on any atom is -0.484 e. The van der Waals surface area contributed by atoms with Crippen molar-refractivity contribution in [1.29, 1.82) is 0 Å². The van der Waals surface area contributed by atoms with E-state index in [-0.39, 0.29) is 31.1 Å². The van der Waals surface area contributed by atoms with Crippen molar-refractivity contribution in [3.8, 4) is 5.75 Å². The first kappa shape index (κ1) is 19.9. The van der Waals surface area contributed by atoms with Crippen molar-refractivity contribution in [3.63, 3.8) is 0 Å². The van der Waals surface area contributed by atoms with Crippen LogP contribution in [0.25, 0.3) is 10.8 Å². The highest BCUT2D eigenvalue weighted by atomic mass is 16.5. The molecule has 1 saturated heterocycles. The quantitative estimate of drug-likeness (QED) is 0.686. The van der Waals surface area contributed by atoms with Gasteiger partial charge in [0.1, 0.15) is 11.9 Å². The molecule has 1 unspecified atom stereocenters. The van der Waals surface area contributed by atoms with Crippen LogP contribution in [0.3, 0.4) is 0 Å². The first-order chi connectivity index (χ1) is 14.7. The number of nitrogens with one attached hydrogen (secondary N) is 1. The van der Waals surface area contributed by atoms with Gasteiger partial charge in [0.15, 0.2) is 6.61 Å². The minimum absolute atomic E-state index is 0.0541. The molecule has 0 radical (unpaired) electrons. The van der Waals surface area contributed by atoms with Gasteiger partial charge in [-0.3, -0.25) is 9.59 Å². The topological polar surface area (TPSA) is 67.9 Å². The Bertz CT molecular complexity index is 1020. The molecule has 2 amide bonds. The number of carbonyl (C=O) groups excluding carboxylic acids is 2. The zero-order chi connectivity index (χ0) is 20.8. The van der Waals surface area contributed by atoms with E-state index in [1.807, 2.05) is 72.8 Å². The van der Waals surface area contributed by atoms with Crippen LogP contribution in [0.15, 0.2) is 72.8 Å². The van der Waals surface area contributed by atoms with Gasteiger partial charge in [-0.1, -0.05) is 60.7 Å². The van der Waals surface area contributed by atoms with Gasteiger partial charge in [-0.2, -0.15) is 0 Å². The van der Waals surface area contributed by atoms with Gasteiger partial charge >= 0.3 is 0 Å². The number of benzene rings is 3. The molecule has 0 bridgehead atoms. The third-order valence-corrected chi connectivity index (χ3v) is 5.12. The van der Waals surface area contributed by atoms with Crippen LogP contribution in [0.5, 0.6) is 5.75 Å². The lowest BCUT2D eigenvalue weighted by atomic mass is 10.1. The Hall–Kier alpha value is -3.38. The highest BCUT2D eigenvalue weighted by molar-refractivity contribution is 5.86. The lowest BCUT2D eigenvalue weighted by Gasteiger charge is -2.33. The molecular formula is C24H24N2O4. The van der Waals surface area contributed by atoms with Crippen LogP contribution < -0.4 is 10.1 Å². The smallest absolute Gasteiger partial charge is 0.258 e. The Morgan fingerprint density at radius 3 is 2.60 bits per heavy atom. The standard InChI is InChI=1S/C24H24N2O4/c27-23(17-30-21-11-10-18-6-4-5-9-20(18)14-21)25-15-24(28)26-12-13-29-22(16-26)19-7-2-1-3-8-19/h1-11,14,22H,12-13,15-17H2,(H,25,27). The summed E-state index contributed by atoms with van der Waals surface area (Å²) in [6, 6.07) is 23.5. The fourth-order valence-electron chi connectivity index (χ4n) is 3.49. The molecule has 6 heteroatoms. The zero-order valence-corrected chi connectivity index (χ0v) is 16.6. The van der Waals surface area contributed by atoms with E-state index in [1.165, 1.54) is 0 Å². The molecule has 1 heterocycles. The molecule has 0 aromatic heterocycles. The molecule has 1 fully saturated rings. The molecule has 1 aliphatic rings. The summed E-state index contributed by atoms with van der Waals surface area (Å²) in [6.07, 6.45) is -0.143. The van der Waals surface area contributed by atoms with Gasteiger partial charge in [-0.05, 0) is 28.5 Å². The van der Waals surface area contributed by atoms with E-state index in [0.29, 0.717) is 25.4 Å². The molecule has 3 aromatic carbocycles. The molecule has 30 heavy (non-hydrogen) atoms. The van der Waals surface area contributed by atoms with Crippen LogP contribution in [0.2, 0.25) is 0 Å². The Balaban J connectivity index is 1.24. The summed E-state index contributed by atoms with van der Waals surface area (Å²) in [7, 11) is 0. The maximum Gasteiger partial charge on any atom is 0.258 e. The normalized spacial score (nSPS) is 16.3. The Labute approximate surface area is 175 Å². The largest absolute Gasteiger partial charge is 0.484 e. The summed E-state index contributed by atoms with van der Waals surface area (Å²) in [5, 5.41) is 4.80. The average Bonchev–Trinajstić information content (AvgIpc) is 2.81. The molecule has 3 aromatic rings. The number of fused-ring (bicyclic) bond motifs is 1. The highest BCUT2D eigenvalue weighted by Crippen LogP contribution is 2.22. The number of ether oxygens (including phenoxy) is 2. The summed E-state index contributed by atoms with van der Waals surface area (Å²) in [6.45, 7) is 1.28. The van der Waals surface area contributed by atoms with E-state index in [1.54, 1.807) is 4.90 Å². The van der Waals surface area contributed by atoms with Gasteiger partial charge in [-0.15, -0.1) is 0 Å². The summed E-state index contributed by atoms with van der Waals surface area (Å²) >= 11 is 0.